The first-order valence-electron chi connectivity index (χ1n) is 9.67. The number of amides is 2. The summed E-state index contributed by atoms with van der Waals surface area (Å²) in [6.07, 6.45) is 3.33. The van der Waals surface area contributed by atoms with Gasteiger partial charge in [0, 0.05) is 6.54 Å². The van der Waals surface area contributed by atoms with Crippen LogP contribution in [0.25, 0.3) is 0 Å². The van der Waals surface area contributed by atoms with Crippen LogP contribution < -0.4 is 5.73 Å². The Morgan fingerprint density at radius 1 is 1.07 bits per heavy atom. The number of piperidine rings is 1. The molecule has 6 nitrogen and oxygen atoms in total. The van der Waals surface area contributed by atoms with Crippen LogP contribution in [0.4, 0.5) is 4.79 Å². The Morgan fingerprint density at radius 2 is 1.75 bits per heavy atom. The van der Waals surface area contributed by atoms with Gasteiger partial charge in [0.1, 0.15) is 6.04 Å². The smallest absolute Gasteiger partial charge is 0.315 e. The highest BCUT2D eigenvalue weighted by Gasteiger charge is 2.37. The summed E-state index contributed by atoms with van der Waals surface area (Å²) in [4.78, 5) is 18.4. The van der Waals surface area contributed by atoms with Gasteiger partial charge in [-0.25, -0.2) is 4.79 Å². The molecule has 1 aromatic heterocycles. The Hall–Kier alpha value is -3.15. The molecule has 2 aromatic carbocycles. The lowest BCUT2D eigenvalue weighted by molar-refractivity contribution is 0.111. The minimum absolute atomic E-state index is 0.200. The monoisotopic (exact) mass is 376 g/mol. The zero-order valence-electron chi connectivity index (χ0n) is 15.7. The second-order valence-electron chi connectivity index (χ2n) is 7.28. The van der Waals surface area contributed by atoms with E-state index in [0.29, 0.717) is 24.7 Å². The maximum absolute atomic E-state index is 12.1. The van der Waals surface area contributed by atoms with Gasteiger partial charge in [-0.1, -0.05) is 65.8 Å². The number of hydrogen-bond acceptors (Lipinski definition) is 4. The van der Waals surface area contributed by atoms with Crippen molar-refractivity contribution in [3.63, 3.8) is 0 Å². The molecule has 0 bridgehead atoms. The largest absolute Gasteiger partial charge is 0.351 e. The molecule has 0 aliphatic carbocycles. The number of urea groups is 1. The SMILES string of the molecule is NC(=O)N1CCCC(Cc2ccccc2)[C@H]1c1noc(Cc2ccccc2)n1. The zero-order valence-corrected chi connectivity index (χ0v) is 15.7. The van der Waals surface area contributed by atoms with Crippen molar-refractivity contribution in [3.8, 4) is 0 Å². The predicted octanol–water partition coefficient (Wildman–Crippen LogP) is 3.73. The van der Waals surface area contributed by atoms with Gasteiger partial charge < -0.3 is 15.2 Å². The molecule has 2 N–H and O–H groups in total. The Kier molecular flexibility index (Phi) is 5.37. The average Bonchev–Trinajstić information content (AvgIpc) is 3.17. The van der Waals surface area contributed by atoms with Crippen molar-refractivity contribution in [3.05, 3.63) is 83.5 Å². The molecule has 2 atom stereocenters. The third-order valence-electron chi connectivity index (χ3n) is 5.33. The van der Waals surface area contributed by atoms with Gasteiger partial charge in [-0.05, 0) is 36.3 Å². The van der Waals surface area contributed by atoms with Crippen molar-refractivity contribution in [1.29, 1.82) is 0 Å². The predicted molar refractivity (Wildman–Crippen MR) is 105 cm³/mol. The molecule has 1 fully saturated rings. The Bertz CT molecular complexity index is 911. The average molecular weight is 376 g/mol. The summed E-state index contributed by atoms with van der Waals surface area (Å²) < 4.78 is 5.51. The highest BCUT2D eigenvalue weighted by Crippen LogP contribution is 2.36. The van der Waals surface area contributed by atoms with E-state index in [-0.39, 0.29) is 12.0 Å². The molecule has 2 heterocycles. The number of benzene rings is 2. The fourth-order valence-electron chi connectivity index (χ4n) is 4.03. The molecule has 2 amide bonds. The molecule has 28 heavy (non-hydrogen) atoms. The van der Waals surface area contributed by atoms with Crippen LogP contribution in [0.5, 0.6) is 0 Å². The van der Waals surface area contributed by atoms with Gasteiger partial charge in [0.2, 0.25) is 5.89 Å². The van der Waals surface area contributed by atoms with Crippen LogP contribution in [0, 0.1) is 5.92 Å². The molecule has 0 saturated carbocycles. The van der Waals surface area contributed by atoms with E-state index in [1.807, 2.05) is 48.5 Å². The van der Waals surface area contributed by atoms with Crippen molar-refractivity contribution >= 4 is 6.03 Å². The molecule has 144 valence electrons. The number of rotatable bonds is 5. The summed E-state index contributed by atoms with van der Waals surface area (Å²) in [7, 11) is 0. The topological polar surface area (TPSA) is 85.3 Å². The first kappa shape index (κ1) is 18.2. The van der Waals surface area contributed by atoms with Gasteiger partial charge in [-0.3, -0.25) is 0 Å². The van der Waals surface area contributed by atoms with Gasteiger partial charge in [0.05, 0.1) is 6.42 Å². The van der Waals surface area contributed by atoms with Crippen molar-refractivity contribution in [2.24, 2.45) is 11.7 Å². The summed E-state index contributed by atoms with van der Waals surface area (Å²) in [5.41, 5.74) is 8.02. The molecule has 1 unspecified atom stereocenters. The molecular formula is C22H24N4O2. The zero-order chi connectivity index (χ0) is 19.3. The van der Waals surface area contributed by atoms with Crippen LogP contribution in [-0.4, -0.2) is 27.6 Å². The first-order valence-corrected chi connectivity index (χ1v) is 9.67. The van der Waals surface area contributed by atoms with Crippen molar-refractivity contribution in [1.82, 2.24) is 15.0 Å². The fraction of sp³-hybridized carbons (Fsp3) is 0.318. The maximum atomic E-state index is 12.1. The Balaban J connectivity index is 1.59. The lowest BCUT2D eigenvalue weighted by atomic mass is 9.84. The van der Waals surface area contributed by atoms with Gasteiger partial charge in [0.15, 0.2) is 5.82 Å². The van der Waals surface area contributed by atoms with E-state index >= 15 is 0 Å². The molecule has 3 aromatic rings. The molecule has 6 heteroatoms. The van der Waals surface area contributed by atoms with Gasteiger partial charge in [-0.2, -0.15) is 4.98 Å². The van der Waals surface area contributed by atoms with Crippen LogP contribution in [0.3, 0.4) is 0 Å². The van der Waals surface area contributed by atoms with E-state index < -0.39 is 6.03 Å². The second-order valence-corrected chi connectivity index (χ2v) is 7.28. The summed E-state index contributed by atoms with van der Waals surface area (Å²) >= 11 is 0. The second kappa shape index (κ2) is 8.25. The Morgan fingerprint density at radius 3 is 2.43 bits per heavy atom. The van der Waals surface area contributed by atoms with E-state index in [1.54, 1.807) is 4.90 Å². The molecule has 0 radical (unpaired) electrons. The van der Waals surface area contributed by atoms with Crippen LogP contribution in [-0.2, 0) is 12.8 Å². The number of hydrogen-bond donors (Lipinski definition) is 1. The summed E-state index contributed by atoms with van der Waals surface area (Å²) in [6, 6.07) is 19.6. The number of likely N-dealkylation sites (tertiary alicyclic amines) is 1. The fourth-order valence-corrected chi connectivity index (χ4v) is 4.03. The molecule has 0 spiro atoms. The normalized spacial score (nSPS) is 19.5. The first-order chi connectivity index (χ1) is 13.7. The molecule has 1 aliphatic rings. The van der Waals surface area contributed by atoms with Crippen molar-refractivity contribution in [2.45, 2.75) is 31.7 Å². The Labute approximate surface area is 164 Å². The van der Waals surface area contributed by atoms with E-state index in [0.717, 1.165) is 24.8 Å². The summed E-state index contributed by atoms with van der Waals surface area (Å²) in [5, 5.41) is 4.22. The number of primary amides is 1. The standard InChI is InChI=1S/C22H24N4O2/c23-22(27)26-13-7-12-18(14-16-8-3-1-4-9-16)20(26)21-24-19(28-25-21)15-17-10-5-2-6-11-17/h1-6,8-11,18,20H,7,12-15H2,(H2,23,27)/t18?,20-/m0/s1. The van der Waals surface area contributed by atoms with Crippen LogP contribution >= 0.6 is 0 Å². The van der Waals surface area contributed by atoms with E-state index in [1.165, 1.54) is 5.56 Å². The molecule has 4 rings (SSSR count). The highest BCUT2D eigenvalue weighted by molar-refractivity contribution is 5.72. The minimum Gasteiger partial charge on any atom is -0.351 e. The van der Waals surface area contributed by atoms with E-state index in [9.17, 15) is 4.79 Å². The molecular weight excluding hydrogens is 352 g/mol. The third kappa shape index (κ3) is 4.06. The summed E-state index contributed by atoms with van der Waals surface area (Å²) in [5.74, 6) is 1.30. The third-order valence-corrected chi connectivity index (χ3v) is 5.33. The molecule has 1 saturated heterocycles. The summed E-state index contributed by atoms with van der Waals surface area (Å²) in [6.45, 7) is 0.619. The molecule has 1 aliphatic heterocycles. The number of carbonyl (C=O) groups is 1. The van der Waals surface area contributed by atoms with Crippen LogP contribution in [0.2, 0.25) is 0 Å². The van der Waals surface area contributed by atoms with Crippen LogP contribution in [0.15, 0.2) is 65.2 Å². The highest BCUT2D eigenvalue weighted by atomic mass is 16.5. The van der Waals surface area contributed by atoms with E-state index in [2.05, 4.69) is 22.3 Å². The van der Waals surface area contributed by atoms with E-state index in [4.69, 9.17) is 10.3 Å². The number of carbonyl (C=O) groups excluding carboxylic acids is 1. The minimum atomic E-state index is -0.433. The van der Waals surface area contributed by atoms with Crippen molar-refractivity contribution in [2.75, 3.05) is 6.54 Å². The van der Waals surface area contributed by atoms with Gasteiger partial charge in [0.25, 0.3) is 0 Å². The van der Waals surface area contributed by atoms with Crippen LogP contribution in [0.1, 0.15) is 41.7 Å². The lowest BCUT2D eigenvalue weighted by Gasteiger charge is -2.38. The number of nitrogens with two attached hydrogens (primary N) is 1. The number of nitrogens with zero attached hydrogens (tertiary/aromatic N) is 3. The lowest BCUT2D eigenvalue weighted by Crippen LogP contribution is -2.46. The quantitative estimate of drug-likeness (QED) is 0.735. The maximum Gasteiger partial charge on any atom is 0.315 e. The van der Waals surface area contributed by atoms with Gasteiger partial charge >= 0.3 is 6.03 Å². The van der Waals surface area contributed by atoms with Gasteiger partial charge in [-0.15, -0.1) is 0 Å². The van der Waals surface area contributed by atoms with Crippen molar-refractivity contribution < 1.29 is 9.32 Å². The number of aromatic nitrogens is 2.